The summed E-state index contributed by atoms with van der Waals surface area (Å²) in [4.78, 5) is 0. The minimum absolute atomic E-state index is 0.753. The molecule has 0 aromatic carbocycles. The number of rotatable bonds is 12. The van der Waals surface area contributed by atoms with E-state index in [1.165, 1.54) is 0 Å². The average molecular weight is 262 g/mol. The molecule has 4 heteroatoms. The van der Waals surface area contributed by atoms with Gasteiger partial charge in [0.05, 0.1) is 0 Å². The molecule has 0 saturated carbocycles. The second-order valence-corrected chi connectivity index (χ2v) is 7.06. The highest BCUT2D eigenvalue weighted by atomic mass is 28.4. The van der Waals surface area contributed by atoms with Crippen molar-refractivity contribution in [3.63, 3.8) is 0 Å². The van der Waals surface area contributed by atoms with Crippen LogP contribution in [0.3, 0.4) is 0 Å². The fourth-order valence-electron chi connectivity index (χ4n) is 1.51. The molecule has 0 saturated heterocycles. The molecule has 0 bridgehead atoms. The van der Waals surface area contributed by atoms with Crippen molar-refractivity contribution in [3.8, 4) is 0 Å². The van der Waals surface area contributed by atoms with Crippen molar-refractivity contribution in [1.82, 2.24) is 0 Å². The maximum atomic E-state index is 5.98. The summed E-state index contributed by atoms with van der Waals surface area (Å²) in [6.45, 7) is 10.8. The van der Waals surface area contributed by atoms with Crippen LogP contribution in [0.1, 0.15) is 59.8 Å². The fourth-order valence-corrected chi connectivity index (χ4v) is 4.52. The molecule has 0 N–H and O–H groups in total. The molecule has 0 heterocycles. The van der Waals surface area contributed by atoms with Gasteiger partial charge in [0, 0.05) is 25.9 Å². The summed E-state index contributed by atoms with van der Waals surface area (Å²) in [5, 5.41) is 0. The summed E-state index contributed by atoms with van der Waals surface area (Å²) in [5.74, 6) is 0. The minimum atomic E-state index is -2.38. The third kappa shape index (κ3) is 7.92. The third-order valence-electron chi connectivity index (χ3n) is 2.41. The Morgan fingerprint density at radius 2 is 1.06 bits per heavy atom. The summed E-state index contributed by atoms with van der Waals surface area (Å²) in [7, 11) is -2.38. The van der Waals surface area contributed by atoms with Gasteiger partial charge in [-0.25, -0.2) is 0 Å². The van der Waals surface area contributed by atoms with Crippen molar-refractivity contribution in [3.05, 3.63) is 0 Å². The molecule has 0 aliphatic heterocycles. The number of unbranched alkanes of at least 4 members (excludes halogenated alkanes) is 1. The molecule has 0 radical (unpaired) electrons. The molecular weight excluding hydrogens is 232 g/mol. The quantitative estimate of drug-likeness (QED) is 0.497. The van der Waals surface area contributed by atoms with E-state index in [4.69, 9.17) is 13.3 Å². The average Bonchev–Trinajstić information content (AvgIpc) is 2.37. The number of hydrogen-bond donors (Lipinski definition) is 0. The SMILES string of the molecule is CCCC[Si](OCCC)(OCCC)OCCC. The smallest absolute Gasteiger partial charge is 0.373 e. The lowest BCUT2D eigenvalue weighted by Gasteiger charge is -2.29. The van der Waals surface area contributed by atoms with Crippen LogP contribution in [0.2, 0.25) is 6.04 Å². The Labute approximate surface area is 108 Å². The van der Waals surface area contributed by atoms with Crippen LogP contribution in [0, 0.1) is 0 Å². The first-order chi connectivity index (χ1) is 8.24. The van der Waals surface area contributed by atoms with E-state index >= 15 is 0 Å². The Hall–Kier alpha value is 0.0969. The van der Waals surface area contributed by atoms with Crippen molar-refractivity contribution >= 4 is 8.80 Å². The van der Waals surface area contributed by atoms with Gasteiger partial charge < -0.3 is 13.3 Å². The first kappa shape index (κ1) is 17.1. The minimum Gasteiger partial charge on any atom is -0.373 e. The van der Waals surface area contributed by atoms with E-state index in [1.54, 1.807) is 0 Å². The monoisotopic (exact) mass is 262 g/mol. The lowest BCUT2D eigenvalue weighted by Crippen LogP contribution is -2.46. The largest absolute Gasteiger partial charge is 0.500 e. The van der Waals surface area contributed by atoms with Crippen molar-refractivity contribution < 1.29 is 13.3 Å². The summed E-state index contributed by atoms with van der Waals surface area (Å²) >= 11 is 0. The molecule has 3 nitrogen and oxygen atoms in total. The lowest BCUT2D eigenvalue weighted by atomic mass is 10.4. The normalized spacial score (nSPS) is 12.0. The molecule has 0 atom stereocenters. The van der Waals surface area contributed by atoms with Crippen LogP contribution in [0.25, 0.3) is 0 Å². The van der Waals surface area contributed by atoms with Gasteiger partial charge in [-0.05, 0) is 25.7 Å². The third-order valence-corrected chi connectivity index (χ3v) is 5.31. The Bertz CT molecular complexity index is 127. The zero-order valence-corrected chi connectivity index (χ0v) is 13.1. The molecule has 104 valence electrons. The summed E-state index contributed by atoms with van der Waals surface area (Å²) < 4.78 is 17.9. The van der Waals surface area contributed by atoms with Gasteiger partial charge in [0.2, 0.25) is 0 Å². The molecule has 0 aliphatic rings. The van der Waals surface area contributed by atoms with Crippen molar-refractivity contribution in [2.75, 3.05) is 19.8 Å². The van der Waals surface area contributed by atoms with Crippen LogP contribution in [0.4, 0.5) is 0 Å². The van der Waals surface area contributed by atoms with Crippen molar-refractivity contribution in [2.24, 2.45) is 0 Å². The van der Waals surface area contributed by atoms with Crippen LogP contribution in [-0.2, 0) is 13.3 Å². The highest BCUT2D eigenvalue weighted by molar-refractivity contribution is 6.60. The van der Waals surface area contributed by atoms with Gasteiger partial charge in [-0.15, -0.1) is 0 Å². The van der Waals surface area contributed by atoms with Gasteiger partial charge in [0.1, 0.15) is 0 Å². The van der Waals surface area contributed by atoms with Gasteiger partial charge in [0.25, 0.3) is 0 Å². The fraction of sp³-hybridized carbons (Fsp3) is 1.00. The molecule has 0 aromatic heterocycles. The van der Waals surface area contributed by atoms with Crippen LogP contribution >= 0.6 is 0 Å². The zero-order chi connectivity index (χ0) is 13.0. The first-order valence-corrected chi connectivity index (χ1v) is 9.09. The Kier molecular flexibility index (Phi) is 11.3. The van der Waals surface area contributed by atoms with E-state index in [9.17, 15) is 0 Å². The van der Waals surface area contributed by atoms with E-state index < -0.39 is 8.80 Å². The highest BCUT2D eigenvalue weighted by Gasteiger charge is 2.39. The van der Waals surface area contributed by atoms with E-state index in [0.717, 1.165) is 58.0 Å². The Balaban J connectivity index is 4.39. The van der Waals surface area contributed by atoms with Crippen LogP contribution in [0.5, 0.6) is 0 Å². The van der Waals surface area contributed by atoms with Crippen molar-refractivity contribution in [1.29, 1.82) is 0 Å². The number of hydrogen-bond acceptors (Lipinski definition) is 3. The molecule has 17 heavy (non-hydrogen) atoms. The predicted octanol–water partition coefficient (Wildman–Crippen LogP) is 4.01. The Morgan fingerprint density at radius 3 is 1.35 bits per heavy atom. The highest BCUT2D eigenvalue weighted by Crippen LogP contribution is 2.20. The standard InChI is InChI=1S/C13H30O3Si/c1-5-9-13-17(14-10-6-2,15-11-7-3)16-12-8-4/h5-13H2,1-4H3. The molecule has 0 fully saturated rings. The second-order valence-electron chi connectivity index (χ2n) is 4.33. The summed E-state index contributed by atoms with van der Waals surface area (Å²) in [6, 6.07) is 0.962. The molecule has 0 aliphatic carbocycles. The van der Waals surface area contributed by atoms with Crippen LogP contribution < -0.4 is 0 Å². The van der Waals surface area contributed by atoms with E-state index in [1.807, 2.05) is 0 Å². The molecule has 0 unspecified atom stereocenters. The van der Waals surface area contributed by atoms with E-state index in [2.05, 4.69) is 27.7 Å². The van der Waals surface area contributed by atoms with Gasteiger partial charge >= 0.3 is 8.80 Å². The second kappa shape index (κ2) is 11.2. The maximum absolute atomic E-state index is 5.98. The predicted molar refractivity (Wildman–Crippen MR) is 74.2 cm³/mol. The van der Waals surface area contributed by atoms with Crippen LogP contribution in [-0.4, -0.2) is 28.6 Å². The lowest BCUT2D eigenvalue weighted by molar-refractivity contribution is 0.0587. The van der Waals surface area contributed by atoms with Gasteiger partial charge in [-0.1, -0.05) is 34.1 Å². The molecule has 0 aromatic rings. The molecular formula is C13H30O3Si. The summed E-state index contributed by atoms with van der Waals surface area (Å²) in [6.07, 6.45) is 5.35. The molecule has 0 spiro atoms. The van der Waals surface area contributed by atoms with Crippen LogP contribution in [0.15, 0.2) is 0 Å². The first-order valence-electron chi connectivity index (χ1n) is 7.16. The van der Waals surface area contributed by atoms with E-state index in [-0.39, 0.29) is 0 Å². The maximum Gasteiger partial charge on any atom is 0.500 e. The Morgan fingerprint density at radius 1 is 0.647 bits per heavy atom. The topological polar surface area (TPSA) is 27.7 Å². The molecule has 0 amide bonds. The molecule has 0 rings (SSSR count). The van der Waals surface area contributed by atoms with Crippen molar-refractivity contribution in [2.45, 2.75) is 65.8 Å². The summed E-state index contributed by atoms with van der Waals surface area (Å²) in [5.41, 5.74) is 0. The van der Waals surface area contributed by atoms with Gasteiger partial charge in [-0.2, -0.15) is 0 Å². The van der Waals surface area contributed by atoms with Gasteiger partial charge in [-0.3, -0.25) is 0 Å². The van der Waals surface area contributed by atoms with E-state index in [0.29, 0.717) is 0 Å². The zero-order valence-electron chi connectivity index (χ0n) is 12.1. The van der Waals surface area contributed by atoms with Gasteiger partial charge in [0.15, 0.2) is 0 Å².